The smallest absolute Gasteiger partial charge is 0.267 e. The Hall–Kier alpha value is -5.58. The normalized spacial score (nSPS) is 13.7. The van der Waals surface area contributed by atoms with Crippen LogP contribution in [0.1, 0.15) is 16.2 Å². The van der Waals surface area contributed by atoms with Crippen LogP contribution in [0.15, 0.2) is 108 Å². The number of carbonyl (C=O) groups excluding carboxylic acids is 1. The Labute approximate surface area is 226 Å². The van der Waals surface area contributed by atoms with Gasteiger partial charge in [0, 0.05) is 61.1 Å². The van der Waals surface area contributed by atoms with Crippen molar-refractivity contribution >= 4 is 23.4 Å². The maximum atomic E-state index is 15.1. The van der Waals surface area contributed by atoms with Crippen molar-refractivity contribution < 1.29 is 18.3 Å². The number of hydrogen-bond donors (Lipinski definition) is 3. The molecule has 1 aliphatic heterocycles. The molecule has 2 aromatic carbocycles. The van der Waals surface area contributed by atoms with Gasteiger partial charge in [0.2, 0.25) is 0 Å². The van der Waals surface area contributed by atoms with Crippen molar-refractivity contribution in [3.05, 3.63) is 136 Å². The Morgan fingerprint density at radius 1 is 1.12 bits per heavy atom. The number of benzene rings is 2. The van der Waals surface area contributed by atoms with E-state index in [-0.39, 0.29) is 22.8 Å². The largest absolute Gasteiger partial charge is 0.452 e. The molecule has 5 rings (SSSR count). The Morgan fingerprint density at radius 2 is 1.93 bits per heavy atom. The van der Waals surface area contributed by atoms with Crippen molar-refractivity contribution in [1.82, 2.24) is 19.4 Å². The van der Waals surface area contributed by atoms with Gasteiger partial charge in [-0.05, 0) is 60.7 Å². The Morgan fingerprint density at radius 3 is 2.62 bits per heavy atom. The maximum Gasteiger partial charge on any atom is 0.267 e. The number of nitrogens with zero attached hydrogens (tertiary/aromatic N) is 3. The highest BCUT2D eigenvalue weighted by molar-refractivity contribution is 6.04. The molecule has 0 radical (unpaired) electrons. The predicted octanol–water partition coefficient (Wildman–Crippen LogP) is 4.54. The number of aryl methyl sites for hydroxylation is 1. The molecule has 3 heterocycles. The molecule has 0 saturated heterocycles. The number of nitrogens with one attached hydrogen (secondary N) is 3. The second kappa shape index (κ2) is 11.0. The second-order valence-corrected chi connectivity index (χ2v) is 8.64. The van der Waals surface area contributed by atoms with Gasteiger partial charge in [0.1, 0.15) is 17.2 Å². The van der Waals surface area contributed by atoms with Crippen LogP contribution in [-0.4, -0.2) is 26.2 Å². The van der Waals surface area contributed by atoms with Gasteiger partial charge in [-0.1, -0.05) is 0 Å². The lowest BCUT2D eigenvalue weighted by Gasteiger charge is -2.19. The number of aromatic nitrogens is 3. The lowest BCUT2D eigenvalue weighted by atomic mass is 10.1. The van der Waals surface area contributed by atoms with Crippen LogP contribution in [-0.2, 0) is 7.05 Å². The average Bonchev–Trinajstić information content (AvgIpc) is 3.37. The molecule has 9 nitrogen and oxygen atoms in total. The molecule has 200 valence electrons. The van der Waals surface area contributed by atoms with E-state index >= 15 is 4.39 Å². The molecule has 0 saturated carbocycles. The zero-order valence-electron chi connectivity index (χ0n) is 21.1. The summed E-state index contributed by atoms with van der Waals surface area (Å²) in [6.07, 6.45) is 10.8. The second-order valence-electron chi connectivity index (χ2n) is 8.64. The first-order valence-corrected chi connectivity index (χ1v) is 12.0. The van der Waals surface area contributed by atoms with Crippen LogP contribution in [0.4, 0.5) is 14.5 Å². The average molecular weight is 541 g/mol. The van der Waals surface area contributed by atoms with Gasteiger partial charge in [-0.25, -0.2) is 13.8 Å². The topological polar surface area (TPSA) is 114 Å². The lowest BCUT2D eigenvalue weighted by molar-refractivity contribution is 0.102. The van der Waals surface area contributed by atoms with Crippen LogP contribution in [0.5, 0.6) is 5.75 Å². The molecule has 1 aliphatic rings. The van der Waals surface area contributed by atoms with Gasteiger partial charge in [-0.15, -0.1) is 0 Å². The quantitative estimate of drug-likeness (QED) is 0.298. The van der Waals surface area contributed by atoms with Gasteiger partial charge in [0.25, 0.3) is 11.5 Å². The molecular formula is C29H22F2N6O3. The van der Waals surface area contributed by atoms with Gasteiger partial charge in [0.05, 0.1) is 5.70 Å². The minimum atomic E-state index is -0.766. The molecule has 1 amide bonds. The summed E-state index contributed by atoms with van der Waals surface area (Å²) in [5, 5.41) is 13.0. The summed E-state index contributed by atoms with van der Waals surface area (Å²) in [7, 11) is 1.83. The van der Waals surface area contributed by atoms with Crippen LogP contribution in [0.3, 0.4) is 0 Å². The Bertz CT molecular complexity index is 1770. The van der Waals surface area contributed by atoms with Crippen molar-refractivity contribution in [2.45, 2.75) is 0 Å². The van der Waals surface area contributed by atoms with E-state index in [2.05, 4.69) is 15.6 Å². The molecule has 40 heavy (non-hydrogen) atoms. The zero-order valence-corrected chi connectivity index (χ0v) is 21.1. The fraction of sp³-hybridized carbons (Fsp3) is 0.0345. The first-order valence-electron chi connectivity index (χ1n) is 12.0. The summed E-state index contributed by atoms with van der Waals surface area (Å²) < 4.78 is 37.2. The minimum Gasteiger partial charge on any atom is -0.452 e. The number of halogens is 2. The highest BCUT2D eigenvalue weighted by Gasteiger charge is 2.19. The molecule has 0 atom stereocenters. The van der Waals surface area contributed by atoms with Gasteiger partial charge >= 0.3 is 0 Å². The summed E-state index contributed by atoms with van der Waals surface area (Å²) in [4.78, 5) is 30.1. The van der Waals surface area contributed by atoms with E-state index in [0.717, 1.165) is 12.3 Å². The number of imidazole rings is 1. The lowest BCUT2D eigenvalue weighted by Crippen LogP contribution is -2.27. The van der Waals surface area contributed by atoms with Gasteiger partial charge in [0.15, 0.2) is 17.3 Å². The molecule has 0 bridgehead atoms. The predicted molar refractivity (Wildman–Crippen MR) is 146 cm³/mol. The highest BCUT2D eigenvalue weighted by Crippen LogP contribution is 2.28. The molecule has 2 aromatic heterocycles. The van der Waals surface area contributed by atoms with Gasteiger partial charge < -0.3 is 25.3 Å². The third-order valence-electron chi connectivity index (χ3n) is 5.97. The van der Waals surface area contributed by atoms with Gasteiger partial charge in [-0.2, -0.15) is 0 Å². The fourth-order valence-electron chi connectivity index (χ4n) is 4.01. The number of pyridine rings is 1. The Balaban J connectivity index is 1.36. The first kappa shape index (κ1) is 26.0. The zero-order chi connectivity index (χ0) is 28.2. The van der Waals surface area contributed by atoms with Crippen LogP contribution in [0.2, 0.25) is 0 Å². The van der Waals surface area contributed by atoms with E-state index < -0.39 is 23.1 Å². The van der Waals surface area contributed by atoms with Crippen molar-refractivity contribution in [3.63, 3.8) is 0 Å². The van der Waals surface area contributed by atoms with Crippen molar-refractivity contribution in [2.24, 2.45) is 7.05 Å². The standard InChI is InChI=1S/C29H22F2N6O3/c1-36-14-12-33-27(36)18-15-26(24(10-11-32)34-17-18)40-25-9-6-20(16-23(25)31)35-28(38)22-3-2-13-37(29(22)39)21-7-4-19(30)5-8-21/h2-17,32,34H,1H3,(H,35,38)/b24-10-,32-11?. The van der Waals surface area contributed by atoms with Crippen molar-refractivity contribution in [1.29, 1.82) is 5.41 Å². The Kier molecular flexibility index (Phi) is 7.18. The van der Waals surface area contributed by atoms with Crippen molar-refractivity contribution in [3.8, 4) is 11.4 Å². The van der Waals surface area contributed by atoms with Crippen LogP contribution in [0.25, 0.3) is 11.3 Å². The molecule has 4 aromatic rings. The van der Waals surface area contributed by atoms with E-state index in [0.29, 0.717) is 22.8 Å². The van der Waals surface area contributed by atoms with E-state index in [4.69, 9.17) is 10.1 Å². The van der Waals surface area contributed by atoms with Crippen LogP contribution < -0.4 is 20.9 Å². The SMILES string of the molecule is Cn1ccnc1C1=CN/C(=C\C=N)C(Oc2ccc(NC(=O)c3cccn(-c4ccc(F)cc4)c3=O)cc2F)=C1. The molecule has 0 aliphatic carbocycles. The van der Waals surface area contributed by atoms with E-state index in [1.165, 1.54) is 65.4 Å². The number of rotatable bonds is 7. The molecule has 0 fully saturated rings. The van der Waals surface area contributed by atoms with E-state index in [1.807, 2.05) is 11.6 Å². The first-order chi connectivity index (χ1) is 19.3. The maximum absolute atomic E-state index is 15.1. The third kappa shape index (κ3) is 5.34. The number of allylic oxidation sites excluding steroid dienone is 3. The number of dihydropyridines is 1. The summed E-state index contributed by atoms with van der Waals surface area (Å²) in [6.45, 7) is 0. The number of ether oxygens (including phenoxy) is 1. The molecular weight excluding hydrogens is 518 g/mol. The summed E-state index contributed by atoms with van der Waals surface area (Å²) in [5.41, 5.74) is 0.810. The van der Waals surface area contributed by atoms with E-state index in [1.54, 1.807) is 24.7 Å². The minimum absolute atomic E-state index is 0.103. The molecule has 11 heteroatoms. The van der Waals surface area contributed by atoms with Gasteiger partial charge in [-0.3, -0.25) is 14.2 Å². The highest BCUT2D eigenvalue weighted by atomic mass is 19.1. The van der Waals surface area contributed by atoms with Crippen LogP contribution in [0, 0.1) is 17.0 Å². The third-order valence-corrected chi connectivity index (χ3v) is 5.97. The van der Waals surface area contributed by atoms with Crippen LogP contribution >= 0.6 is 0 Å². The molecule has 0 spiro atoms. The molecule has 0 unspecified atom stereocenters. The van der Waals surface area contributed by atoms with Crippen molar-refractivity contribution in [2.75, 3.05) is 5.32 Å². The van der Waals surface area contributed by atoms with E-state index in [9.17, 15) is 14.0 Å². The number of carbonyl (C=O) groups is 1. The summed E-state index contributed by atoms with van der Waals surface area (Å²) >= 11 is 0. The molecule has 3 N–H and O–H groups in total. The summed E-state index contributed by atoms with van der Waals surface area (Å²) in [6, 6.07) is 12.0. The number of amides is 1. The summed E-state index contributed by atoms with van der Waals surface area (Å²) in [5.74, 6) is -1.18. The number of anilines is 1. The number of hydrogen-bond acceptors (Lipinski definition) is 6. The fourth-order valence-corrected chi connectivity index (χ4v) is 4.01. The monoisotopic (exact) mass is 540 g/mol.